The normalized spacial score (nSPS) is 19.1. The van der Waals surface area contributed by atoms with Crippen LogP contribution in [0.4, 0.5) is 11.4 Å². The van der Waals surface area contributed by atoms with Crippen molar-refractivity contribution in [3.05, 3.63) is 48.0 Å². The number of hydrogen-bond acceptors (Lipinski definition) is 7. The summed E-state index contributed by atoms with van der Waals surface area (Å²) in [4.78, 5) is 17.4. The number of phenols is 1. The Hall–Kier alpha value is -2.66. The Balaban J connectivity index is 1.40. The van der Waals surface area contributed by atoms with Crippen LogP contribution in [0.25, 0.3) is 0 Å². The number of nitrogens with zero attached hydrogens (tertiary/aromatic N) is 3. The van der Waals surface area contributed by atoms with Gasteiger partial charge in [-0.1, -0.05) is 18.2 Å². The summed E-state index contributed by atoms with van der Waals surface area (Å²) >= 11 is 0. The second-order valence-corrected chi connectivity index (χ2v) is 10.6. The number of aryl methyl sites for hydroxylation is 1. The molecule has 1 atom stereocenters. The fourth-order valence-electron chi connectivity index (χ4n) is 4.38. The average molecular weight is 489 g/mol. The maximum Gasteiger partial charge on any atom is 0.243 e. The molecule has 0 bridgehead atoms. The summed E-state index contributed by atoms with van der Waals surface area (Å²) in [5, 5.41) is 13.0. The van der Waals surface area contributed by atoms with E-state index in [1.54, 1.807) is 37.3 Å². The van der Waals surface area contributed by atoms with Crippen LogP contribution in [0.3, 0.4) is 0 Å². The van der Waals surface area contributed by atoms with Gasteiger partial charge in [-0.25, -0.2) is 8.42 Å². The molecule has 0 spiro atoms. The maximum atomic E-state index is 13.1. The first-order valence-corrected chi connectivity index (χ1v) is 13.0. The number of morpholine rings is 1. The highest BCUT2D eigenvalue weighted by atomic mass is 32.2. The first kappa shape index (κ1) is 24.5. The molecule has 1 amide bonds. The van der Waals surface area contributed by atoms with Gasteiger partial charge in [0.15, 0.2) is 0 Å². The Morgan fingerprint density at radius 3 is 2.38 bits per heavy atom. The zero-order chi connectivity index (χ0) is 24.3. The number of sulfonamides is 1. The lowest BCUT2D eigenvalue weighted by Gasteiger charge is -2.38. The summed E-state index contributed by atoms with van der Waals surface area (Å²) < 4.78 is 33.0. The molecule has 4 rings (SSSR count). The van der Waals surface area contributed by atoms with E-state index in [4.69, 9.17) is 4.74 Å². The van der Waals surface area contributed by atoms with Gasteiger partial charge in [0.1, 0.15) is 5.75 Å². The molecule has 2 aliphatic rings. The number of para-hydroxylation sites is 2. The molecule has 184 valence electrons. The number of aromatic hydroxyl groups is 1. The Kier molecular flexibility index (Phi) is 7.42. The molecule has 2 aromatic carbocycles. The number of benzene rings is 2. The molecule has 0 aromatic heterocycles. The molecule has 0 radical (unpaired) electrons. The Morgan fingerprint density at radius 2 is 1.71 bits per heavy atom. The fraction of sp³-hybridized carbons (Fsp3) is 0.458. The molecule has 2 aliphatic heterocycles. The number of anilines is 2. The van der Waals surface area contributed by atoms with Crippen LogP contribution in [-0.2, 0) is 19.6 Å². The van der Waals surface area contributed by atoms with Crippen LogP contribution in [-0.4, -0.2) is 87.2 Å². The van der Waals surface area contributed by atoms with E-state index in [-0.39, 0.29) is 22.6 Å². The number of nitrogens with one attached hydrogen (secondary N) is 1. The van der Waals surface area contributed by atoms with Crippen LogP contribution in [0.1, 0.15) is 12.5 Å². The summed E-state index contributed by atoms with van der Waals surface area (Å²) in [6.45, 7) is 7.75. The minimum Gasteiger partial charge on any atom is -0.506 e. The highest BCUT2D eigenvalue weighted by molar-refractivity contribution is 7.89. The molecule has 9 nitrogen and oxygen atoms in total. The van der Waals surface area contributed by atoms with Crippen molar-refractivity contribution < 1.29 is 23.1 Å². The number of piperazine rings is 1. The zero-order valence-corrected chi connectivity index (χ0v) is 20.4. The van der Waals surface area contributed by atoms with E-state index in [9.17, 15) is 18.3 Å². The van der Waals surface area contributed by atoms with E-state index in [2.05, 4.69) is 15.1 Å². The lowest BCUT2D eigenvalue weighted by atomic mass is 10.1. The second kappa shape index (κ2) is 10.3. The molecule has 0 aliphatic carbocycles. The minimum atomic E-state index is -3.66. The molecule has 2 aromatic rings. The minimum absolute atomic E-state index is 0.186. The quantitative estimate of drug-likeness (QED) is 0.640. The van der Waals surface area contributed by atoms with Crippen LogP contribution in [0, 0.1) is 6.92 Å². The molecule has 10 heteroatoms. The van der Waals surface area contributed by atoms with Gasteiger partial charge in [-0.3, -0.25) is 9.69 Å². The van der Waals surface area contributed by atoms with Crippen LogP contribution >= 0.6 is 0 Å². The Bertz CT molecular complexity index is 1130. The predicted octanol–water partition coefficient (Wildman–Crippen LogP) is 1.87. The van der Waals surface area contributed by atoms with Crippen LogP contribution < -0.4 is 10.2 Å². The van der Waals surface area contributed by atoms with Crippen molar-refractivity contribution in [3.8, 4) is 5.75 Å². The molecule has 0 saturated carbocycles. The summed E-state index contributed by atoms with van der Waals surface area (Å²) in [6.07, 6.45) is 0. The van der Waals surface area contributed by atoms with E-state index >= 15 is 0 Å². The first-order chi connectivity index (χ1) is 16.3. The van der Waals surface area contributed by atoms with Crippen LogP contribution in [0.15, 0.2) is 47.4 Å². The number of ether oxygens (including phenoxy) is 1. The molecule has 2 saturated heterocycles. The van der Waals surface area contributed by atoms with E-state index < -0.39 is 10.0 Å². The van der Waals surface area contributed by atoms with Crippen molar-refractivity contribution in [1.82, 2.24) is 9.21 Å². The number of rotatable bonds is 6. The Morgan fingerprint density at radius 1 is 1.03 bits per heavy atom. The van der Waals surface area contributed by atoms with Crippen molar-refractivity contribution in [3.63, 3.8) is 0 Å². The Labute approximate surface area is 201 Å². The number of carbonyl (C=O) groups is 1. The van der Waals surface area contributed by atoms with Crippen LogP contribution in [0.2, 0.25) is 0 Å². The van der Waals surface area contributed by atoms with Crippen molar-refractivity contribution in [2.24, 2.45) is 0 Å². The van der Waals surface area contributed by atoms with Gasteiger partial charge in [-0.2, -0.15) is 4.31 Å². The fourth-order valence-corrected chi connectivity index (χ4v) is 6.03. The standard InChI is InChI=1S/C24H32N4O5S/c1-18-7-8-20(17-23(18)34(31,32)28-13-15-33-16-14-28)25-24(30)19(2)26-9-11-27(12-10-26)21-5-3-4-6-22(21)29/h3-8,17,19,29H,9-16H2,1-2H3,(H,25,30)/t19-/m1/s1. The predicted molar refractivity (Wildman–Crippen MR) is 131 cm³/mol. The van der Waals surface area contributed by atoms with Crippen molar-refractivity contribution in [1.29, 1.82) is 0 Å². The van der Waals surface area contributed by atoms with Gasteiger partial charge in [-0.15, -0.1) is 0 Å². The molecule has 2 N–H and O–H groups in total. The summed E-state index contributed by atoms with van der Waals surface area (Å²) in [5.41, 5.74) is 1.90. The second-order valence-electron chi connectivity index (χ2n) is 8.67. The van der Waals surface area contributed by atoms with Crippen molar-refractivity contribution in [2.75, 3.05) is 62.7 Å². The molecular weight excluding hydrogens is 456 g/mol. The number of phenolic OH excluding ortho intramolecular Hbond substituents is 1. The van der Waals surface area contributed by atoms with Gasteiger partial charge in [0.2, 0.25) is 15.9 Å². The van der Waals surface area contributed by atoms with E-state index in [1.165, 1.54) is 4.31 Å². The highest BCUT2D eigenvalue weighted by Gasteiger charge is 2.29. The van der Waals surface area contributed by atoms with Gasteiger partial charge in [0.25, 0.3) is 0 Å². The molecule has 34 heavy (non-hydrogen) atoms. The van der Waals surface area contributed by atoms with Gasteiger partial charge >= 0.3 is 0 Å². The highest BCUT2D eigenvalue weighted by Crippen LogP contribution is 2.28. The lowest BCUT2D eigenvalue weighted by Crippen LogP contribution is -2.52. The largest absolute Gasteiger partial charge is 0.506 e. The number of amides is 1. The summed E-state index contributed by atoms with van der Waals surface area (Å²) in [6, 6.07) is 11.9. The SMILES string of the molecule is Cc1ccc(NC(=O)[C@@H](C)N2CCN(c3ccccc3O)CC2)cc1S(=O)(=O)N1CCOCC1. The maximum absolute atomic E-state index is 13.1. The third-order valence-corrected chi connectivity index (χ3v) is 8.55. The van der Waals surface area contributed by atoms with Crippen LogP contribution in [0.5, 0.6) is 5.75 Å². The third-order valence-electron chi connectivity index (χ3n) is 6.51. The third kappa shape index (κ3) is 5.20. The average Bonchev–Trinajstić information content (AvgIpc) is 2.85. The summed E-state index contributed by atoms with van der Waals surface area (Å²) in [7, 11) is -3.66. The van der Waals surface area contributed by atoms with E-state index in [1.807, 2.05) is 19.1 Å². The monoisotopic (exact) mass is 488 g/mol. The van der Waals surface area contributed by atoms with Gasteiger partial charge < -0.3 is 20.1 Å². The van der Waals surface area contributed by atoms with Gasteiger partial charge in [0.05, 0.1) is 29.8 Å². The van der Waals surface area contributed by atoms with E-state index in [0.29, 0.717) is 63.7 Å². The molecule has 2 fully saturated rings. The van der Waals surface area contributed by atoms with E-state index in [0.717, 1.165) is 5.69 Å². The zero-order valence-electron chi connectivity index (χ0n) is 19.6. The smallest absolute Gasteiger partial charge is 0.243 e. The van der Waals surface area contributed by atoms with Crippen molar-refractivity contribution in [2.45, 2.75) is 24.8 Å². The number of carbonyl (C=O) groups excluding carboxylic acids is 1. The molecular formula is C24H32N4O5S. The number of hydrogen-bond donors (Lipinski definition) is 2. The topological polar surface area (TPSA) is 102 Å². The first-order valence-electron chi connectivity index (χ1n) is 11.5. The summed E-state index contributed by atoms with van der Waals surface area (Å²) in [5.74, 6) is 0.0681. The molecule has 2 heterocycles. The van der Waals surface area contributed by atoms with Gasteiger partial charge in [-0.05, 0) is 43.7 Å². The molecule has 0 unspecified atom stereocenters. The lowest BCUT2D eigenvalue weighted by molar-refractivity contribution is -0.120. The van der Waals surface area contributed by atoms with Gasteiger partial charge in [0, 0.05) is 45.0 Å². The van der Waals surface area contributed by atoms with Crippen molar-refractivity contribution >= 4 is 27.3 Å².